The van der Waals surface area contributed by atoms with Gasteiger partial charge in [-0.15, -0.1) is 0 Å². The zero-order valence-electron chi connectivity index (χ0n) is 11.2. The topological polar surface area (TPSA) is 58.6 Å². The molecule has 0 heterocycles. The van der Waals surface area contributed by atoms with E-state index in [0.29, 0.717) is 5.56 Å². The number of hydrogen-bond acceptors (Lipinski definition) is 3. The Labute approximate surface area is 124 Å². The maximum atomic E-state index is 12.9. The second-order valence-electron chi connectivity index (χ2n) is 4.38. The lowest BCUT2D eigenvalue weighted by molar-refractivity contribution is -0.138. The SMILES string of the molecule is O=C(Nc1cccc(O)c1C(F)(F)F)OCc1ccccc1. The average Bonchev–Trinajstić information content (AvgIpc) is 2.45. The Morgan fingerprint density at radius 2 is 1.77 bits per heavy atom. The molecule has 1 amide bonds. The van der Waals surface area contributed by atoms with Crippen LogP contribution in [0.4, 0.5) is 23.7 Å². The second-order valence-corrected chi connectivity index (χ2v) is 4.38. The van der Waals surface area contributed by atoms with Gasteiger partial charge in [-0.2, -0.15) is 13.2 Å². The van der Waals surface area contributed by atoms with E-state index in [1.165, 1.54) is 6.07 Å². The quantitative estimate of drug-likeness (QED) is 0.895. The number of alkyl halides is 3. The summed E-state index contributed by atoms with van der Waals surface area (Å²) in [4.78, 5) is 11.6. The number of carbonyl (C=O) groups excluding carboxylic acids is 1. The Kier molecular flexibility index (Phi) is 4.55. The van der Waals surface area contributed by atoms with Crippen LogP contribution < -0.4 is 5.32 Å². The molecule has 7 heteroatoms. The van der Waals surface area contributed by atoms with Gasteiger partial charge in [0, 0.05) is 0 Å². The molecule has 0 saturated heterocycles. The fourth-order valence-corrected chi connectivity index (χ4v) is 1.81. The van der Waals surface area contributed by atoms with Crippen LogP contribution in [-0.4, -0.2) is 11.2 Å². The molecule has 2 N–H and O–H groups in total. The number of amides is 1. The predicted octanol–water partition coefficient (Wildman–Crippen LogP) is 4.16. The van der Waals surface area contributed by atoms with Gasteiger partial charge >= 0.3 is 12.3 Å². The lowest BCUT2D eigenvalue weighted by atomic mass is 10.1. The third-order valence-electron chi connectivity index (χ3n) is 2.78. The minimum absolute atomic E-state index is 0.0765. The van der Waals surface area contributed by atoms with Gasteiger partial charge in [-0.25, -0.2) is 4.79 Å². The number of halogens is 3. The van der Waals surface area contributed by atoms with Crippen LogP contribution in [0.3, 0.4) is 0 Å². The van der Waals surface area contributed by atoms with Crippen LogP contribution in [0.2, 0.25) is 0 Å². The summed E-state index contributed by atoms with van der Waals surface area (Å²) in [7, 11) is 0. The van der Waals surface area contributed by atoms with Crippen LogP contribution in [-0.2, 0) is 17.5 Å². The van der Waals surface area contributed by atoms with Crippen molar-refractivity contribution in [3.05, 3.63) is 59.7 Å². The number of carbonyl (C=O) groups is 1. The standard InChI is InChI=1S/C15H12F3NO3/c16-15(17,18)13-11(7-4-8-12(13)20)19-14(21)22-9-10-5-2-1-3-6-10/h1-8,20H,9H2,(H,19,21). The first-order chi connectivity index (χ1) is 10.4. The highest BCUT2D eigenvalue weighted by Crippen LogP contribution is 2.40. The van der Waals surface area contributed by atoms with Crippen LogP contribution in [0.15, 0.2) is 48.5 Å². The zero-order valence-corrected chi connectivity index (χ0v) is 11.2. The summed E-state index contributed by atoms with van der Waals surface area (Å²) in [6.07, 6.45) is -5.84. The number of aromatic hydroxyl groups is 1. The molecule has 2 aromatic carbocycles. The molecule has 4 nitrogen and oxygen atoms in total. The molecule has 0 saturated carbocycles. The van der Waals surface area contributed by atoms with Crippen molar-refractivity contribution in [3.63, 3.8) is 0 Å². The summed E-state index contributed by atoms with van der Waals surface area (Å²) in [5.74, 6) is -0.964. The Balaban J connectivity index is 2.08. The van der Waals surface area contributed by atoms with Crippen molar-refractivity contribution in [1.82, 2.24) is 0 Å². The van der Waals surface area contributed by atoms with Crippen LogP contribution >= 0.6 is 0 Å². The Morgan fingerprint density at radius 1 is 1.09 bits per heavy atom. The summed E-state index contributed by atoms with van der Waals surface area (Å²) in [6.45, 7) is -0.0765. The Hall–Kier alpha value is -2.70. The molecule has 116 valence electrons. The summed E-state index contributed by atoms with van der Waals surface area (Å²) >= 11 is 0. The number of phenolic OH excluding ortho intramolecular Hbond substituents is 1. The molecule has 0 aliphatic heterocycles. The normalized spacial score (nSPS) is 11.0. The molecule has 0 radical (unpaired) electrons. The highest BCUT2D eigenvalue weighted by atomic mass is 19.4. The minimum Gasteiger partial charge on any atom is -0.507 e. The van der Waals surface area contributed by atoms with E-state index in [2.05, 4.69) is 0 Å². The third-order valence-corrected chi connectivity index (χ3v) is 2.78. The van der Waals surface area contributed by atoms with Gasteiger partial charge < -0.3 is 9.84 Å². The number of benzene rings is 2. The molecule has 0 aliphatic rings. The number of nitrogens with one attached hydrogen (secondary N) is 1. The summed E-state index contributed by atoms with van der Waals surface area (Å²) in [6, 6.07) is 11.8. The fraction of sp³-hybridized carbons (Fsp3) is 0.133. The number of ether oxygens (including phenoxy) is 1. The lowest BCUT2D eigenvalue weighted by Gasteiger charge is -2.15. The molecule has 0 aliphatic carbocycles. The van der Waals surface area contributed by atoms with Gasteiger partial charge in [0.25, 0.3) is 0 Å². The Morgan fingerprint density at radius 3 is 2.41 bits per heavy atom. The molecule has 0 atom stereocenters. The summed E-state index contributed by atoms with van der Waals surface area (Å²) in [5.41, 5.74) is -1.18. The van der Waals surface area contributed by atoms with Gasteiger partial charge in [-0.05, 0) is 17.7 Å². The van der Waals surface area contributed by atoms with Crippen molar-refractivity contribution in [2.75, 3.05) is 5.32 Å². The van der Waals surface area contributed by atoms with Gasteiger partial charge in [-0.1, -0.05) is 36.4 Å². The van der Waals surface area contributed by atoms with Crippen molar-refractivity contribution in [2.24, 2.45) is 0 Å². The van der Waals surface area contributed by atoms with Crippen molar-refractivity contribution >= 4 is 11.8 Å². The van der Waals surface area contributed by atoms with Gasteiger partial charge in [0.2, 0.25) is 0 Å². The van der Waals surface area contributed by atoms with Crippen molar-refractivity contribution in [2.45, 2.75) is 12.8 Å². The molecule has 0 fully saturated rings. The smallest absolute Gasteiger partial charge is 0.421 e. The molecule has 0 aromatic heterocycles. The predicted molar refractivity (Wildman–Crippen MR) is 73.4 cm³/mol. The molecule has 2 aromatic rings. The molecule has 0 unspecified atom stereocenters. The summed E-state index contributed by atoms with van der Waals surface area (Å²) < 4.78 is 43.4. The molecule has 2 rings (SSSR count). The first-order valence-corrected chi connectivity index (χ1v) is 6.25. The monoisotopic (exact) mass is 311 g/mol. The molecule has 22 heavy (non-hydrogen) atoms. The summed E-state index contributed by atoms with van der Waals surface area (Å²) in [5, 5.41) is 11.3. The van der Waals surface area contributed by atoms with Crippen molar-refractivity contribution in [1.29, 1.82) is 0 Å². The van der Waals surface area contributed by atoms with E-state index in [1.54, 1.807) is 30.3 Å². The first kappa shape index (κ1) is 15.7. The number of phenols is 1. The largest absolute Gasteiger partial charge is 0.507 e. The average molecular weight is 311 g/mol. The second kappa shape index (κ2) is 6.38. The van der Waals surface area contributed by atoms with E-state index in [-0.39, 0.29) is 6.61 Å². The van der Waals surface area contributed by atoms with Gasteiger partial charge in [-0.3, -0.25) is 5.32 Å². The van der Waals surface area contributed by atoms with E-state index >= 15 is 0 Å². The maximum Gasteiger partial charge on any atom is 0.421 e. The zero-order chi connectivity index (χ0) is 16.2. The van der Waals surface area contributed by atoms with Crippen LogP contribution in [0.5, 0.6) is 5.75 Å². The van der Waals surface area contributed by atoms with Gasteiger partial charge in [0.1, 0.15) is 17.9 Å². The number of hydrogen-bond donors (Lipinski definition) is 2. The molecular weight excluding hydrogens is 299 g/mol. The van der Waals surface area contributed by atoms with Gasteiger partial charge in [0.05, 0.1) is 5.69 Å². The Bertz CT molecular complexity index is 657. The van der Waals surface area contributed by atoms with Crippen molar-refractivity contribution in [3.8, 4) is 5.75 Å². The highest BCUT2D eigenvalue weighted by Gasteiger charge is 2.37. The van der Waals surface area contributed by atoms with Crippen LogP contribution in [0, 0.1) is 0 Å². The lowest BCUT2D eigenvalue weighted by Crippen LogP contribution is -2.17. The molecular formula is C15H12F3NO3. The van der Waals surface area contributed by atoms with Crippen LogP contribution in [0.1, 0.15) is 11.1 Å². The van der Waals surface area contributed by atoms with E-state index in [0.717, 1.165) is 12.1 Å². The van der Waals surface area contributed by atoms with Crippen molar-refractivity contribution < 1.29 is 27.8 Å². The van der Waals surface area contributed by atoms with E-state index in [9.17, 15) is 23.1 Å². The maximum absolute atomic E-state index is 12.9. The number of anilines is 1. The first-order valence-electron chi connectivity index (χ1n) is 6.25. The third kappa shape index (κ3) is 3.91. The number of rotatable bonds is 3. The van der Waals surface area contributed by atoms with Gasteiger partial charge in [0.15, 0.2) is 0 Å². The van der Waals surface area contributed by atoms with E-state index < -0.39 is 29.3 Å². The minimum atomic E-state index is -4.80. The van der Waals surface area contributed by atoms with E-state index in [1.807, 2.05) is 5.32 Å². The molecule has 0 spiro atoms. The fourth-order valence-electron chi connectivity index (χ4n) is 1.81. The van der Waals surface area contributed by atoms with E-state index in [4.69, 9.17) is 4.74 Å². The highest BCUT2D eigenvalue weighted by molar-refractivity contribution is 5.86. The van der Waals surface area contributed by atoms with Crippen LogP contribution in [0.25, 0.3) is 0 Å². The molecule has 0 bridgehead atoms.